The lowest BCUT2D eigenvalue weighted by atomic mass is 10.0. The molecule has 1 saturated heterocycles. The van der Waals surface area contributed by atoms with E-state index in [4.69, 9.17) is 0 Å². The van der Waals surface area contributed by atoms with Crippen LogP contribution in [0.5, 0.6) is 0 Å². The highest BCUT2D eigenvalue weighted by Gasteiger charge is 2.27. The van der Waals surface area contributed by atoms with Crippen molar-refractivity contribution in [3.8, 4) is 0 Å². The summed E-state index contributed by atoms with van der Waals surface area (Å²) in [5, 5.41) is 0. The van der Waals surface area contributed by atoms with Crippen LogP contribution in [0.3, 0.4) is 0 Å². The van der Waals surface area contributed by atoms with Crippen LogP contribution in [-0.2, 0) is 13.0 Å². The summed E-state index contributed by atoms with van der Waals surface area (Å²) in [7, 11) is 0. The number of benzene rings is 2. The molecule has 0 spiro atoms. The number of likely N-dealkylation sites (tertiary alicyclic amines) is 1. The van der Waals surface area contributed by atoms with Gasteiger partial charge in [0, 0.05) is 31.2 Å². The SMILES string of the molecule is CCCCc1ccc(C(=O)N2CCC(n3c(=O)n(CCC)c4ccccc43)CC2)cc1. The Bertz CT molecular complexity index is 1090. The molecule has 5 heteroatoms. The van der Waals surface area contributed by atoms with Gasteiger partial charge in [0.15, 0.2) is 0 Å². The fourth-order valence-electron chi connectivity index (χ4n) is 4.73. The van der Waals surface area contributed by atoms with Gasteiger partial charge < -0.3 is 4.90 Å². The van der Waals surface area contributed by atoms with Crippen molar-refractivity contribution >= 4 is 16.9 Å². The highest BCUT2D eigenvalue weighted by Crippen LogP contribution is 2.27. The molecule has 0 bridgehead atoms. The molecule has 31 heavy (non-hydrogen) atoms. The number of aryl methyl sites for hydroxylation is 2. The number of carbonyl (C=O) groups excluding carboxylic acids is 1. The molecule has 0 radical (unpaired) electrons. The molecular formula is C26H33N3O2. The van der Waals surface area contributed by atoms with E-state index in [2.05, 4.69) is 26.0 Å². The zero-order valence-corrected chi connectivity index (χ0v) is 18.7. The molecule has 1 aliphatic rings. The zero-order valence-electron chi connectivity index (χ0n) is 18.7. The third-order valence-corrected chi connectivity index (χ3v) is 6.45. The average molecular weight is 420 g/mol. The number of piperidine rings is 1. The van der Waals surface area contributed by atoms with E-state index >= 15 is 0 Å². The van der Waals surface area contributed by atoms with Gasteiger partial charge in [-0.15, -0.1) is 0 Å². The summed E-state index contributed by atoms with van der Waals surface area (Å²) in [5.74, 6) is 0.0984. The second-order valence-electron chi connectivity index (χ2n) is 8.62. The molecule has 0 aliphatic carbocycles. The maximum absolute atomic E-state index is 13.2. The molecule has 5 nitrogen and oxygen atoms in total. The molecule has 164 valence electrons. The summed E-state index contributed by atoms with van der Waals surface area (Å²) in [6.45, 7) is 6.38. The van der Waals surface area contributed by atoms with E-state index in [0.717, 1.165) is 48.8 Å². The Morgan fingerprint density at radius 2 is 1.61 bits per heavy atom. The van der Waals surface area contributed by atoms with Crippen molar-refractivity contribution in [2.75, 3.05) is 13.1 Å². The van der Waals surface area contributed by atoms with Crippen LogP contribution >= 0.6 is 0 Å². The summed E-state index contributed by atoms with van der Waals surface area (Å²) >= 11 is 0. The Kier molecular flexibility index (Phi) is 6.59. The minimum Gasteiger partial charge on any atom is -0.338 e. The van der Waals surface area contributed by atoms with E-state index < -0.39 is 0 Å². The lowest BCUT2D eigenvalue weighted by Gasteiger charge is -2.32. The van der Waals surface area contributed by atoms with E-state index in [1.54, 1.807) is 0 Å². The Morgan fingerprint density at radius 1 is 0.935 bits per heavy atom. The predicted molar refractivity (Wildman–Crippen MR) is 126 cm³/mol. The quantitative estimate of drug-likeness (QED) is 0.539. The smallest absolute Gasteiger partial charge is 0.329 e. The summed E-state index contributed by atoms with van der Waals surface area (Å²) in [6.07, 6.45) is 5.96. The van der Waals surface area contributed by atoms with Crippen LogP contribution in [0.1, 0.15) is 67.9 Å². The monoisotopic (exact) mass is 419 g/mol. The topological polar surface area (TPSA) is 47.2 Å². The third kappa shape index (κ3) is 4.32. The molecule has 2 aromatic carbocycles. The molecule has 4 rings (SSSR count). The molecule has 0 N–H and O–H groups in total. The van der Waals surface area contributed by atoms with E-state index in [0.29, 0.717) is 13.1 Å². The summed E-state index contributed by atoms with van der Waals surface area (Å²) in [4.78, 5) is 28.1. The third-order valence-electron chi connectivity index (χ3n) is 6.45. The number of amides is 1. The largest absolute Gasteiger partial charge is 0.338 e. The number of nitrogens with zero attached hydrogens (tertiary/aromatic N) is 3. The first-order valence-electron chi connectivity index (χ1n) is 11.7. The first-order chi connectivity index (χ1) is 15.1. The maximum atomic E-state index is 13.2. The summed E-state index contributed by atoms with van der Waals surface area (Å²) in [5.41, 5.74) is 4.15. The first kappa shape index (κ1) is 21.4. The van der Waals surface area contributed by atoms with Crippen LogP contribution in [0.2, 0.25) is 0 Å². The molecule has 2 heterocycles. The van der Waals surface area contributed by atoms with Crippen molar-refractivity contribution < 1.29 is 4.79 Å². The number of imidazole rings is 1. The lowest BCUT2D eigenvalue weighted by molar-refractivity contribution is 0.0694. The van der Waals surface area contributed by atoms with Crippen molar-refractivity contribution in [3.63, 3.8) is 0 Å². The van der Waals surface area contributed by atoms with Crippen LogP contribution in [0, 0.1) is 0 Å². The van der Waals surface area contributed by atoms with Crippen LogP contribution in [-0.4, -0.2) is 33.0 Å². The molecule has 1 amide bonds. The highest BCUT2D eigenvalue weighted by atomic mass is 16.2. The predicted octanol–water partition coefficient (Wildman–Crippen LogP) is 5.03. The first-order valence-corrected chi connectivity index (χ1v) is 11.7. The minimum atomic E-state index is 0.0792. The Labute approximate surface area is 184 Å². The molecular weight excluding hydrogens is 386 g/mol. The molecule has 0 saturated carbocycles. The van der Waals surface area contributed by atoms with Crippen LogP contribution in [0.15, 0.2) is 53.3 Å². The number of aromatic nitrogens is 2. The Morgan fingerprint density at radius 3 is 2.26 bits per heavy atom. The Balaban J connectivity index is 1.47. The van der Waals surface area contributed by atoms with Gasteiger partial charge in [-0.25, -0.2) is 4.79 Å². The second-order valence-corrected chi connectivity index (χ2v) is 8.62. The number of rotatable bonds is 7. The van der Waals surface area contributed by atoms with Gasteiger partial charge in [0.2, 0.25) is 0 Å². The average Bonchev–Trinajstić information content (AvgIpc) is 3.09. The minimum absolute atomic E-state index is 0.0792. The van der Waals surface area contributed by atoms with Gasteiger partial charge in [0.05, 0.1) is 11.0 Å². The zero-order chi connectivity index (χ0) is 21.8. The van der Waals surface area contributed by atoms with Crippen molar-refractivity contribution in [2.24, 2.45) is 0 Å². The van der Waals surface area contributed by atoms with Gasteiger partial charge in [-0.1, -0.05) is 44.5 Å². The van der Waals surface area contributed by atoms with Gasteiger partial charge in [-0.3, -0.25) is 13.9 Å². The number of unbranched alkanes of at least 4 members (excludes halogenated alkanes) is 1. The standard InChI is InChI=1S/C26H33N3O2/c1-3-5-8-20-11-13-21(14-12-20)25(30)27-18-15-22(16-19-27)29-24-10-7-6-9-23(24)28(17-4-2)26(29)31/h6-7,9-14,22H,3-5,8,15-19H2,1-2H3. The van der Waals surface area contributed by atoms with Gasteiger partial charge in [-0.05, 0) is 61.9 Å². The second kappa shape index (κ2) is 9.54. The fourth-order valence-corrected chi connectivity index (χ4v) is 4.73. The molecule has 3 aromatic rings. The van der Waals surface area contributed by atoms with Crippen LogP contribution in [0.25, 0.3) is 11.0 Å². The number of carbonyl (C=O) groups is 1. The van der Waals surface area contributed by atoms with Crippen LogP contribution in [0.4, 0.5) is 0 Å². The fraction of sp³-hybridized carbons (Fsp3) is 0.462. The van der Waals surface area contributed by atoms with Crippen molar-refractivity contribution in [2.45, 2.75) is 65.0 Å². The summed E-state index contributed by atoms with van der Waals surface area (Å²) in [6, 6.07) is 16.3. The number of hydrogen-bond donors (Lipinski definition) is 0. The van der Waals surface area contributed by atoms with E-state index in [1.807, 2.05) is 50.4 Å². The Hall–Kier alpha value is -2.82. The number of para-hydroxylation sites is 2. The number of fused-ring (bicyclic) bond motifs is 1. The highest BCUT2D eigenvalue weighted by molar-refractivity contribution is 5.94. The maximum Gasteiger partial charge on any atom is 0.329 e. The van der Waals surface area contributed by atoms with Crippen LogP contribution < -0.4 is 5.69 Å². The van der Waals surface area contributed by atoms with Crippen molar-refractivity contribution in [1.82, 2.24) is 14.0 Å². The van der Waals surface area contributed by atoms with Crippen molar-refractivity contribution in [1.29, 1.82) is 0 Å². The van der Waals surface area contributed by atoms with Gasteiger partial charge >= 0.3 is 5.69 Å². The van der Waals surface area contributed by atoms with E-state index in [9.17, 15) is 9.59 Å². The van der Waals surface area contributed by atoms with Gasteiger partial charge in [0.1, 0.15) is 0 Å². The van der Waals surface area contributed by atoms with E-state index in [-0.39, 0.29) is 17.6 Å². The molecule has 0 unspecified atom stereocenters. The lowest BCUT2D eigenvalue weighted by Crippen LogP contribution is -2.41. The molecule has 0 atom stereocenters. The number of hydrogen-bond acceptors (Lipinski definition) is 2. The van der Waals surface area contributed by atoms with Gasteiger partial charge in [-0.2, -0.15) is 0 Å². The van der Waals surface area contributed by atoms with Gasteiger partial charge in [0.25, 0.3) is 5.91 Å². The normalized spacial score (nSPS) is 15.0. The molecule has 1 aromatic heterocycles. The molecule has 1 fully saturated rings. The van der Waals surface area contributed by atoms with Crippen molar-refractivity contribution in [3.05, 3.63) is 70.1 Å². The van der Waals surface area contributed by atoms with E-state index in [1.165, 1.54) is 18.4 Å². The molecule has 1 aliphatic heterocycles. The summed E-state index contributed by atoms with van der Waals surface area (Å²) < 4.78 is 3.86.